The zero-order valence-corrected chi connectivity index (χ0v) is 46.9. The summed E-state index contributed by atoms with van der Waals surface area (Å²) in [6.45, 7) is 2.66. The van der Waals surface area contributed by atoms with Crippen molar-refractivity contribution in [3.05, 3.63) is 0 Å². The van der Waals surface area contributed by atoms with Gasteiger partial charge in [0.2, 0.25) is 0 Å². The molecule has 0 bridgehead atoms. The van der Waals surface area contributed by atoms with Crippen LogP contribution in [0.1, 0.15) is 271 Å². The van der Waals surface area contributed by atoms with Crippen LogP contribution in [0.3, 0.4) is 0 Å². The molecule has 2 aliphatic heterocycles. The minimum Gasteiger partial charge on any atom is -0.462 e. The highest BCUT2D eigenvalue weighted by Gasteiger charge is 2.47. The molecule has 2 fully saturated rings. The van der Waals surface area contributed by atoms with Gasteiger partial charge in [-0.25, -0.2) is 0 Å². The van der Waals surface area contributed by atoms with Crippen LogP contribution < -0.4 is 0 Å². The summed E-state index contributed by atoms with van der Waals surface area (Å²) in [6, 6.07) is 0. The molecule has 2 saturated heterocycles. The van der Waals surface area contributed by atoms with Crippen molar-refractivity contribution in [2.75, 3.05) is 26.4 Å². The average Bonchev–Trinajstić information content (AvgIpc) is 3.39. The first-order valence-corrected chi connectivity index (χ1v) is 30.6. The summed E-state index contributed by atoms with van der Waals surface area (Å²) in [5, 5.41) is 72.3. The molecule has 2 rings (SSSR count). The second kappa shape index (κ2) is 46.4. The highest BCUT2D eigenvalue weighted by Crippen LogP contribution is 2.27. The van der Waals surface area contributed by atoms with Gasteiger partial charge < -0.3 is 64.2 Å². The topological polar surface area (TPSA) is 231 Å². The number of carbonyl (C=O) groups excluding carboxylic acids is 2. The molecule has 0 aliphatic carbocycles. The van der Waals surface area contributed by atoms with E-state index in [0.717, 1.165) is 38.5 Å². The van der Waals surface area contributed by atoms with Crippen molar-refractivity contribution in [3.8, 4) is 0 Å². The maximum atomic E-state index is 13.1. The molecule has 438 valence electrons. The Morgan fingerprint density at radius 3 is 1.05 bits per heavy atom. The van der Waals surface area contributed by atoms with Gasteiger partial charge in [-0.15, -0.1) is 0 Å². The Morgan fingerprint density at radius 1 is 0.378 bits per heavy atom. The Hall–Kier alpha value is -1.50. The largest absolute Gasteiger partial charge is 0.462 e. The van der Waals surface area contributed by atoms with Crippen LogP contribution in [0.15, 0.2) is 0 Å². The second-order valence-electron chi connectivity index (χ2n) is 21.9. The summed E-state index contributed by atoms with van der Waals surface area (Å²) in [7, 11) is 0. The van der Waals surface area contributed by atoms with Gasteiger partial charge in [-0.05, 0) is 12.8 Å². The van der Waals surface area contributed by atoms with E-state index in [1.807, 2.05) is 0 Å². The van der Waals surface area contributed by atoms with E-state index < -0.39 is 92.7 Å². The fraction of sp³-hybridized carbons (Fsp3) is 0.966. The molecule has 74 heavy (non-hydrogen) atoms. The standard InChI is InChI=1S/C59H112O15/c1-3-5-7-9-11-13-15-17-19-20-21-22-23-24-25-26-28-30-32-34-36-38-40-42-51(62)72-47(44-69-50(61)41-39-37-35-33-31-29-27-18-16-14-12-10-8-6-4-2)45-70-58-57(68)55(66)53(64)49(74-58)46-71-59-56(67)54(65)52(63)48(43-60)73-59/h47-49,52-60,63-68H,3-46H2,1-2H3. The smallest absolute Gasteiger partial charge is 0.306 e. The number of carbonyl (C=O) groups is 2. The molecule has 0 aromatic rings. The highest BCUT2D eigenvalue weighted by molar-refractivity contribution is 5.70. The number of ether oxygens (including phenoxy) is 6. The van der Waals surface area contributed by atoms with Gasteiger partial charge in [-0.2, -0.15) is 0 Å². The van der Waals surface area contributed by atoms with Crippen molar-refractivity contribution >= 4 is 11.9 Å². The van der Waals surface area contributed by atoms with E-state index in [9.17, 15) is 45.3 Å². The van der Waals surface area contributed by atoms with E-state index in [-0.39, 0.29) is 26.1 Å². The van der Waals surface area contributed by atoms with Gasteiger partial charge in [-0.1, -0.05) is 245 Å². The van der Waals surface area contributed by atoms with Crippen LogP contribution in [0.25, 0.3) is 0 Å². The van der Waals surface area contributed by atoms with Gasteiger partial charge in [0.15, 0.2) is 18.7 Å². The predicted molar refractivity (Wildman–Crippen MR) is 289 cm³/mol. The van der Waals surface area contributed by atoms with Crippen molar-refractivity contribution in [3.63, 3.8) is 0 Å². The normalized spacial score (nSPS) is 24.6. The predicted octanol–water partition coefficient (Wildman–Crippen LogP) is 10.7. The molecule has 11 atom stereocenters. The van der Waals surface area contributed by atoms with Crippen LogP contribution >= 0.6 is 0 Å². The van der Waals surface area contributed by atoms with Gasteiger partial charge >= 0.3 is 11.9 Å². The van der Waals surface area contributed by atoms with Crippen molar-refractivity contribution in [2.45, 2.75) is 338 Å². The monoisotopic (exact) mass is 1060 g/mol. The summed E-state index contributed by atoms with van der Waals surface area (Å²) in [6.07, 6.45) is 31.3. The van der Waals surface area contributed by atoms with Crippen molar-refractivity contribution < 1.29 is 73.8 Å². The number of aliphatic hydroxyl groups is 7. The third-order valence-corrected chi connectivity index (χ3v) is 15.1. The summed E-state index contributed by atoms with van der Waals surface area (Å²) in [5.41, 5.74) is 0. The molecule has 2 aliphatic rings. The lowest BCUT2D eigenvalue weighted by Gasteiger charge is -2.42. The first-order chi connectivity index (χ1) is 36.0. The molecule has 0 aromatic heterocycles. The van der Waals surface area contributed by atoms with E-state index in [4.69, 9.17) is 28.4 Å². The molecule has 0 saturated carbocycles. The summed E-state index contributed by atoms with van der Waals surface area (Å²) >= 11 is 0. The number of esters is 2. The molecule has 11 unspecified atom stereocenters. The Kier molecular flexibility index (Phi) is 43.0. The van der Waals surface area contributed by atoms with E-state index in [1.165, 1.54) is 193 Å². The number of rotatable bonds is 50. The quantitative estimate of drug-likeness (QED) is 0.0222. The molecule has 0 aromatic carbocycles. The molecule has 2 heterocycles. The van der Waals surface area contributed by atoms with Gasteiger partial charge in [0.05, 0.1) is 19.8 Å². The van der Waals surface area contributed by atoms with Crippen LogP contribution in [0.4, 0.5) is 0 Å². The molecular formula is C59H112O15. The number of hydrogen-bond acceptors (Lipinski definition) is 15. The molecule has 0 radical (unpaired) electrons. The van der Waals surface area contributed by atoms with E-state index in [2.05, 4.69) is 13.8 Å². The first kappa shape index (κ1) is 68.6. The zero-order chi connectivity index (χ0) is 53.9. The van der Waals surface area contributed by atoms with E-state index in [1.54, 1.807) is 0 Å². The Bertz CT molecular complexity index is 1290. The number of hydrogen-bond donors (Lipinski definition) is 7. The van der Waals surface area contributed by atoms with Crippen LogP contribution in [-0.2, 0) is 38.0 Å². The second-order valence-corrected chi connectivity index (χ2v) is 21.9. The zero-order valence-electron chi connectivity index (χ0n) is 46.9. The van der Waals surface area contributed by atoms with Crippen LogP contribution in [-0.4, -0.2) is 142 Å². The van der Waals surface area contributed by atoms with Crippen molar-refractivity contribution in [1.29, 1.82) is 0 Å². The fourth-order valence-electron chi connectivity index (χ4n) is 10.1. The van der Waals surface area contributed by atoms with Crippen molar-refractivity contribution in [2.24, 2.45) is 0 Å². The fourth-order valence-corrected chi connectivity index (χ4v) is 10.1. The maximum Gasteiger partial charge on any atom is 0.306 e. The lowest BCUT2D eigenvalue weighted by molar-refractivity contribution is -0.332. The van der Waals surface area contributed by atoms with Gasteiger partial charge in [0.25, 0.3) is 0 Å². The number of aliphatic hydroxyl groups excluding tert-OH is 7. The van der Waals surface area contributed by atoms with Crippen LogP contribution in [0.2, 0.25) is 0 Å². The Labute approximate surface area is 448 Å². The minimum absolute atomic E-state index is 0.174. The third kappa shape index (κ3) is 33.1. The lowest BCUT2D eigenvalue weighted by Crippen LogP contribution is -2.61. The summed E-state index contributed by atoms with van der Waals surface area (Å²) in [5.74, 6) is -0.902. The molecule has 0 amide bonds. The highest BCUT2D eigenvalue weighted by atomic mass is 16.7. The minimum atomic E-state index is -1.76. The Morgan fingerprint density at radius 2 is 0.689 bits per heavy atom. The van der Waals surface area contributed by atoms with Gasteiger partial charge in [-0.3, -0.25) is 9.59 Å². The maximum absolute atomic E-state index is 13.1. The molecule has 0 spiro atoms. The van der Waals surface area contributed by atoms with Crippen LogP contribution in [0.5, 0.6) is 0 Å². The first-order valence-electron chi connectivity index (χ1n) is 30.6. The molecular weight excluding hydrogens is 949 g/mol. The summed E-state index contributed by atoms with van der Waals surface area (Å²) in [4.78, 5) is 25.9. The van der Waals surface area contributed by atoms with E-state index >= 15 is 0 Å². The summed E-state index contributed by atoms with van der Waals surface area (Å²) < 4.78 is 33.7. The van der Waals surface area contributed by atoms with Gasteiger partial charge in [0.1, 0.15) is 55.4 Å². The SMILES string of the molecule is CCCCCCCCCCCCCCCCCCCCCCCCCC(=O)OC(COC(=O)CCCCCCCCCCCCCCCCC)COC1OC(COC2OC(CO)C(O)C(O)C2O)C(O)C(O)C1O. The average molecular weight is 1060 g/mol. The van der Waals surface area contributed by atoms with E-state index in [0.29, 0.717) is 12.8 Å². The van der Waals surface area contributed by atoms with Crippen molar-refractivity contribution in [1.82, 2.24) is 0 Å². The molecule has 15 heteroatoms. The Balaban J connectivity index is 1.71. The van der Waals surface area contributed by atoms with Gasteiger partial charge in [0, 0.05) is 12.8 Å². The lowest BCUT2D eigenvalue weighted by atomic mass is 9.98. The molecule has 15 nitrogen and oxygen atoms in total. The van der Waals surface area contributed by atoms with Crippen LogP contribution in [0, 0.1) is 0 Å². The third-order valence-electron chi connectivity index (χ3n) is 15.1. The molecule has 7 N–H and O–H groups in total. The number of unbranched alkanes of at least 4 members (excludes halogenated alkanes) is 36.